The average molecular weight is 445 g/mol. The van der Waals surface area contributed by atoms with Gasteiger partial charge in [-0.15, -0.1) is 6.58 Å². The molecule has 1 aliphatic carbocycles. The fourth-order valence-electron chi connectivity index (χ4n) is 5.29. The quantitative estimate of drug-likeness (QED) is 0.397. The number of hydrogen-bond donors (Lipinski definition) is 0. The molecule has 0 aromatic heterocycles. The first-order chi connectivity index (χ1) is 16.3. The lowest BCUT2D eigenvalue weighted by atomic mass is 9.75. The summed E-state index contributed by atoms with van der Waals surface area (Å²) in [6, 6.07) is 20.6. The summed E-state index contributed by atoms with van der Waals surface area (Å²) in [5.41, 5.74) is 3.12. The summed E-state index contributed by atoms with van der Waals surface area (Å²) >= 11 is 0. The zero-order chi connectivity index (χ0) is 22.9. The molecule has 4 nitrogen and oxygen atoms in total. The fraction of sp³-hybridized carbons (Fsp3) is 0.448. The van der Waals surface area contributed by atoms with Gasteiger partial charge in [0, 0.05) is 24.2 Å². The number of morpholine rings is 1. The highest BCUT2D eigenvalue weighted by atomic mass is 16.5. The highest BCUT2D eigenvalue weighted by Gasteiger charge is 2.38. The summed E-state index contributed by atoms with van der Waals surface area (Å²) in [5, 5.41) is 0. The van der Waals surface area contributed by atoms with Crippen LogP contribution in [0.25, 0.3) is 0 Å². The number of nitrogens with zero attached hydrogens (tertiary/aromatic N) is 2. The smallest absolute Gasteiger partial charge is 0.228 e. The maximum atomic E-state index is 13.9. The van der Waals surface area contributed by atoms with E-state index in [4.69, 9.17) is 9.73 Å². The molecule has 1 saturated heterocycles. The molecule has 1 amide bonds. The summed E-state index contributed by atoms with van der Waals surface area (Å²) in [4.78, 5) is 21.3. The van der Waals surface area contributed by atoms with Gasteiger partial charge in [-0.05, 0) is 25.2 Å². The molecule has 0 N–H and O–H groups in total. The predicted molar refractivity (Wildman–Crippen MR) is 135 cm³/mol. The number of benzene rings is 2. The lowest BCUT2D eigenvalue weighted by Crippen LogP contribution is -2.48. The van der Waals surface area contributed by atoms with E-state index in [-0.39, 0.29) is 17.9 Å². The van der Waals surface area contributed by atoms with Gasteiger partial charge in [-0.25, -0.2) is 0 Å². The van der Waals surface area contributed by atoms with Crippen molar-refractivity contribution in [3.05, 3.63) is 84.4 Å². The monoisotopic (exact) mass is 444 g/mol. The summed E-state index contributed by atoms with van der Waals surface area (Å²) < 4.78 is 5.53. The van der Waals surface area contributed by atoms with Crippen LogP contribution in [0.3, 0.4) is 0 Å². The van der Waals surface area contributed by atoms with Crippen molar-refractivity contribution >= 4 is 11.6 Å². The molecule has 0 unspecified atom stereocenters. The van der Waals surface area contributed by atoms with Crippen LogP contribution >= 0.6 is 0 Å². The van der Waals surface area contributed by atoms with Crippen LogP contribution in [0.5, 0.6) is 0 Å². The van der Waals surface area contributed by atoms with Gasteiger partial charge >= 0.3 is 0 Å². The van der Waals surface area contributed by atoms with Crippen molar-refractivity contribution in [1.82, 2.24) is 4.90 Å². The fourth-order valence-corrected chi connectivity index (χ4v) is 5.29. The largest absolute Gasteiger partial charge is 0.378 e. The first kappa shape index (κ1) is 23.4. The minimum absolute atomic E-state index is 0.121. The Kier molecular flexibility index (Phi) is 8.48. The number of rotatable bonds is 8. The average Bonchev–Trinajstić information content (AvgIpc) is 2.89. The van der Waals surface area contributed by atoms with E-state index in [1.165, 1.54) is 19.3 Å². The van der Waals surface area contributed by atoms with Crippen LogP contribution in [0, 0.1) is 11.8 Å². The molecule has 0 spiro atoms. The Morgan fingerprint density at radius 2 is 1.55 bits per heavy atom. The van der Waals surface area contributed by atoms with E-state index in [1.54, 1.807) is 0 Å². The van der Waals surface area contributed by atoms with Gasteiger partial charge in [0.1, 0.15) is 0 Å². The van der Waals surface area contributed by atoms with Gasteiger partial charge in [0.05, 0.1) is 30.9 Å². The molecular weight excluding hydrogens is 408 g/mol. The van der Waals surface area contributed by atoms with Gasteiger partial charge in [-0.2, -0.15) is 0 Å². The molecule has 2 aliphatic rings. The van der Waals surface area contributed by atoms with Crippen LogP contribution < -0.4 is 0 Å². The Balaban J connectivity index is 1.75. The molecule has 1 aliphatic heterocycles. The normalized spacial score (nSPS) is 18.8. The molecule has 2 aromatic rings. The molecule has 2 fully saturated rings. The number of aliphatic imine (C=N–C) groups is 1. The van der Waals surface area contributed by atoms with Crippen LogP contribution in [0.1, 0.15) is 49.7 Å². The van der Waals surface area contributed by atoms with E-state index < -0.39 is 0 Å². The van der Waals surface area contributed by atoms with E-state index >= 15 is 0 Å². The second-order valence-electron chi connectivity index (χ2n) is 9.16. The first-order valence-electron chi connectivity index (χ1n) is 12.4. The van der Waals surface area contributed by atoms with E-state index in [0.29, 0.717) is 38.6 Å². The Labute approximate surface area is 198 Å². The van der Waals surface area contributed by atoms with E-state index in [9.17, 15) is 4.79 Å². The minimum Gasteiger partial charge on any atom is -0.378 e. The molecule has 0 bridgehead atoms. The van der Waals surface area contributed by atoms with E-state index in [0.717, 1.165) is 29.7 Å². The van der Waals surface area contributed by atoms with Crippen molar-refractivity contribution in [2.45, 2.75) is 44.6 Å². The second-order valence-corrected chi connectivity index (χ2v) is 9.16. The van der Waals surface area contributed by atoms with Crippen LogP contribution in [-0.4, -0.2) is 48.9 Å². The van der Waals surface area contributed by atoms with Crippen LogP contribution in [0.4, 0.5) is 0 Å². The van der Waals surface area contributed by atoms with Crippen LogP contribution in [-0.2, 0) is 9.53 Å². The van der Waals surface area contributed by atoms with Crippen molar-refractivity contribution in [2.75, 3.05) is 26.3 Å². The van der Waals surface area contributed by atoms with Crippen LogP contribution in [0.15, 0.2) is 78.3 Å². The van der Waals surface area contributed by atoms with Gasteiger partial charge in [-0.3, -0.25) is 9.79 Å². The standard InChI is InChI=1S/C29H36N2O2/c1-2-12-26(30-28(24-15-8-4-9-16-24)25-17-10-5-11-18-25)27(23-13-6-3-7-14-23)29(32)31-19-21-33-22-20-31/h2,4-5,8-11,15-18,23,26-27H,1,3,6-7,12-14,19-22H2/t26-,27+/m0/s1. The van der Waals surface area contributed by atoms with Gasteiger partial charge in [-0.1, -0.05) is 86.0 Å². The lowest BCUT2D eigenvalue weighted by Gasteiger charge is -2.38. The second kappa shape index (κ2) is 11.9. The molecule has 1 heterocycles. The van der Waals surface area contributed by atoms with Crippen molar-refractivity contribution in [3.63, 3.8) is 0 Å². The summed E-state index contributed by atoms with van der Waals surface area (Å²) in [7, 11) is 0. The van der Waals surface area contributed by atoms with Crippen LogP contribution in [0.2, 0.25) is 0 Å². The highest BCUT2D eigenvalue weighted by molar-refractivity contribution is 6.13. The Morgan fingerprint density at radius 3 is 2.09 bits per heavy atom. The Bertz CT molecular complexity index is 872. The maximum absolute atomic E-state index is 13.9. The van der Waals surface area contributed by atoms with Gasteiger partial charge < -0.3 is 9.64 Å². The number of amides is 1. The zero-order valence-corrected chi connectivity index (χ0v) is 19.6. The highest BCUT2D eigenvalue weighted by Crippen LogP contribution is 2.36. The third-order valence-electron chi connectivity index (χ3n) is 6.98. The van der Waals surface area contributed by atoms with E-state index in [2.05, 4.69) is 30.8 Å². The van der Waals surface area contributed by atoms with Crippen molar-refractivity contribution in [2.24, 2.45) is 16.8 Å². The van der Waals surface area contributed by atoms with Crippen molar-refractivity contribution in [3.8, 4) is 0 Å². The first-order valence-corrected chi connectivity index (χ1v) is 12.4. The molecule has 1 saturated carbocycles. The number of carbonyl (C=O) groups excluding carboxylic acids is 1. The number of ether oxygens (including phenoxy) is 1. The topological polar surface area (TPSA) is 41.9 Å². The van der Waals surface area contributed by atoms with Gasteiger partial charge in [0.2, 0.25) is 5.91 Å². The SMILES string of the molecule is C=CC[C@H](N=C(c1ccccc1)c1ccccc1)[C@H](C(=O)N1CCOCC1)C1CCCCC1. The Hall–Kier alpha value is -2.72. The molecular formula is C29H36N2O2. The molecule has 4 rings (SSSR count). The molecule has 2 aromatic carbocycles. The van der Waals surface area contributed by atoms with Gasteiger partial charge in [0.15, 0.2) is 0 Å². The summed E-state index contributed by atoms with van der Waals surface area (Å²) in [6.07, 6.45) is 8.51. The predicted octanol–water partition coefficient (Wildman–Crippen LogP) is 5.52. The molecule has 4 heteroatoms. The third kappa shape index (κ3) is 6.00. The molecule has 2 atom stereocenters. The number of carbonyl (C=O) groups is 1. The summed E-state index contributed by atoms with van der Waals surface area (Å²) in [6.45, 7) is 6.64. The molecule has 0 radical (unpaired) electrons. The maximum Gasteiger partial charge on any atom is 0.228 e. The molecule has 174 valence electrons. The van der Waals surface area contributed by atoms with Gasteiger partial charge in [0.25, 0.3) is 0 Å². The zero-order valence-electron chi connectivity index (χ0n) is 19.6. The Morgan fingerprint density at radius 1 is 0.970 bits per heavy atom. The lowest BCUT2D eigenvalue weighted by molar-refractivity contribution is -0.142. The van der Waals surface area contributed by atoms with E-state index in [1.807, 2.05) is 47.4 Å². The minimum atomic E-state index is -0.128. The van der Waals surface area contributed by atoms with Crippen molar-refractivity contribution in [1.29, 1.82) is 0 Å². The molecule has 33 heavy (non-hydrogen) atoms. The van der Waals surface area contributed by atoms with Crippen molar-refractivity contribution < 1.29 is 9.53 Å². The third-order valence-corrected chi connectivity index (χ3v) is 6.98. The number of hydrogen-bond acceptors (Lipinski definition) is 3. The summed E-state index contributed by atoms with van der Waals surface area (Å²) in [5.74, 6) is 0.501.